The van der Waals surface area contributed by atoms with Crippen molar-refractivity contribution in [3.8, 4) is 16.9 Å². The Bertz CT molecular complexity index is 1100. The molecule has 0 spiro atoms. The second-order valence-corrected chi connectivity index (χ2v) is 7.34. The van der Waals surface area contributed by atoms with Crippen molar-refractivity contribution in [1.29, 1.82) is 0 Å². The summed E-state index contributed by atoms with van der Waals surface area (Å²) >= 11 is 0. The lowest BCUT2D eigenvalue weighted by molar-refractivity contribution is -0.131. The molecule has 0 aliphatic heterocycles. The molecule has 0 fully saturated rings. The van der Waals surface area contributed by atoms with E-state index >= 15 is 0 Å². The molecular formula is C26H23FO4. The van der Waals surface area contributed by atoms with Crippen LogP contribution in [0.1, 0.15) is 41.3 Å². The fourth-order valence-electron chi connectivity index (χ4n) is 3.29. The van der Waals surface area contributed by atoms with Crippen LogP contribution in [-0.4, -0.2) is 23.5 Å². The Morgan fingerprint density at radius 2 is 1.68 bits per heavy atom. The highest BCUT2D eigenvalue weighted by molar-refractivity contribution is 6.39. The molecule has 0 unspecified atom stereocenters. The molecule has 4 nitrogen and oxygen atoms in total. The summed E-state index contributed by atoms with van der Waals surface area (Å²) < 4.78 is 19.0. The first-order valence-electron chi connectivity index (χ1n) is 9.92. The first kappa shape index (κ1) is 22.0. The summed E-state index contributed by atoms with van der Waals surface area (Å²) in [5, 5.41) is 8.76. The fourth-order valence-corrected chi connectivity index (χ4v) is 3.29. The maximum atomic E-state index is 13.4. The van der Waals surface area contributed by atoms with Crippen molar-refractivity contribution in [1.82, 2.24) is 0 Å². The third kappa shape index (κ3) is 5.45. The van der Waals surface area contributed by atoms with E-state index in [2.05, 4.69) is 19.9 Å². The Morgan fingerprint density at radius 3 is 2.29 bits per heavy atom. The number of aliphatic carboxylic acids is 1. The molecule has 0 bridgehead atoms. The van der Waals surface area contributed by atoms with Crippen molar-refractivity contribution < 1.29 is 23.8 Å². The number of hydrogen-bond acceptors (Lipinski definition) is 3. The van der Waals surface area contributed by atoms with Crippen molar-refractivity contribution in [3.63, 3.8) is 0 Å². The molecule has 3 aromatic rings. The van der Waals surface area contributed by atoms with Crippen LogP contribution < -0.4 is 4.74 Å². The molecule has 0 atom stereocenters. The first-order chi connectivity index (χ1) is 14.9. The molecule has 0 aliphatic carbocycles. The summed E-state index contributed by atoms with van der Waals surface area (Å²) in [6, 6.07) is 18.5. The van der Waals surface area contributed by atoms with Crippen LogP contribution in [0.25, 0.3) is 17.2 Å². The van der Waals surface area contributed by atoms with Gasteiger partial charge in [-0.25, -0.2) is 9.18 Å². The third-order valence-corrected chi connectivity index (χ3v) is 4.86. The number of carboxylic acid groups (broad SMARTS) is 1. The first-order valence-corrected chi connectivity index (χ1v) is 9.92. The number of benzene rings is 3. The average Bonchev–Trinajstić information content (AvgIpc) is 2.77. The van der Waals surface area contributed by atoms with Gasteiger partial charge in [-0.15, -0.1) is 0 Å². The summed E-state index contributed by atoms with van der Waals surface area (Å²) in [7, 11) is 0. The van der Waals surface area contributed by atoms with Crippen LogP contribution in [-0.2, 0) is 4.79 Å². The molecular weight excluding hydrogens is 395 g/mol. The van der Waals surface area contributed by atoms with Crippen molar-refractivity contribution in [2.75, 3.05) is 6.61 Å². The number of hydrogen-bond donors (Lipinski definition) is 1. The SMILES string of the molecule is CC(C)c1cccc(-c2ccc(F)cc2)c1C=CCOc1ccc(C(=O)C(=O)O)cc1. The normalized spacial score (nSPS) is 11.1. The van der Waals surface area contributed by atoms with Gasteiger partial charge in [0.25, 0.3) is 5.78 Å². The predicted octanol–water partition coefficient (Wildman–Crippen LogP) is 5.98. The van der Waals surface area contributed by atoms with Gasteiger partial charge < -0.3 is 9.84 Å². The molecule has 0 radical (unpaired) electrons. The minimum Gasteiger partial charge on any atom is -0.490 e. The number of carbonyl (C=O) groups is 2. The van der Waals surface area contributed by atoms with Gasteiger partial charge in [0, 0.05) is 5.56 Å². The van der Waals surface area contributed by atoms with E-state index in [1.54, 1.807) is 24.3 Å². The molecule has 3 aromatic carbocycles. The molecule has 31 heavy (non-hydrogen) atoms. The highest BCUT2D eigenvalue weighted by Crippen LogP contribution is 2.31. The van der Waals surface area contributed by atoms with Gasteiger partial charge in [0.05, 0.1) is 0 Å². The lowest BCUT2D eigenvalue weighted by Crippen LogP contribution is -2.12. The van der Waals surface area contributed by atoms with E-state index in [9.17, 15) is 14.0 Å². The Balaban J connectivity index is 1.78. The summed E-state index contributed by atoms with van der Waals surface area (Å²) in [5.41, 5.74) is 4.28. The zero-order valence-electron chi connectivity index (χ0n) is 17.3. The van der Waals surface area contributed by atoms with E-state index < -0.39 is 11.8 Å². The minimum absolute atomic E-state index is 0.102. The number of halogens is 1. The number of ether oxygens (including phenoxy) is 1. The van der Waals surface area contributed by atoms with Gasteiger partial charge in [-0.3, -0.25) is 4.79 Å². The average molecular weight is 418 g/mol. The Kier molecular flexibility index (Phi) is 6.98. The van der Waals surface area contributed by atoms with Crippen molar-refractivity contribution in [3.05, 3.63) is 95.3 Å². The molecule has 158 valence electrons. The lowest BCUT2D eigenvalue weighted by atomic mass is 9.90. The van der Waals surface area contributed by atoms with Crippen molar-refractivity contribution in [2.45, 2.75) is 19.8 Å². The van der Waals surface area contributed by atoms with Crippen LogP contribution in [0.5, 0.6) is 5.75 Å². The van der Waals surface area contributed by atoms with Gasteiger partial charge in [0.2, 0.25) is 0 Å². The molecule has 5 heteroatoms. The van der Waals surface area contributed by atoms with E-state index in [1.165, 1.54) is 29.8 Å². The third-order valence-electron chi connectivity index (χ3n) is 4.86. The van der Waals surface area contributed by atoms with Gasteiger partial charge in [0.15, 0.2) is 0 Å². The molecule has 1 N–H and O–H groups in total. The van der Waals surface area contributed by atoms with Gasteiger partial charge in [-0.05, 0) is 70.6 Å². The maximum absolute atomic E-state index is 13.4. The van der Waals surface area contributed by atoms with E-state index in [0.29, 0.717) is 18.3 Å². The molecule has 0 saturated carbocycles. The Labute approximate surface area is 180 Å². The van der Waals surface area contributed by atoms with Gasteiger partial charge >= 0.3 is 5.97 Å². The smallest absolute Gasteiger partial charge is 0.377 e. The van der Waals surface area contributed by atoms with Crippen molar-refractivity contribution in [2.24, 2.45) is 0 Å². The minimum atomic E-state index is -1.49. The number of carboxylic acids is 1. The highest BCUT2D eigenvalue weighted by Gasteiger charge is 2.14. The van der Waals surface area contributed by atoms with Crippen LogP contribution in [0.15, 0.2) is 72.8 Å². The highest BCUT2D eigenvalue weighted by atomic mass is 19.1. The second-order valence-electron chi connectivity index (χ2n) is 7.34. The predicted molar refractivity (Wildman–Crippen MR) is 119 cm³/mol. The summed E-state index contributed by atoms with van der Waals surface area (Å²) in [5.74, 6) is -1.88. The number of rotatable bonds is 8. The van der Waals surface area contributed by atoms with Crippen LogP contribution >= 0.6 is 0 Å². The largest absolute Gasteiger partial charge is 0.490 e. The van der Waals surface area contributed by atoms with Gasteiger partial charge in [0.1, 0.15) is 18.2 Å². The Morgan fingerprint density at radius 1 is 1.00 bits per heavy atom. The van der Waals surface area contributed by atoms with E-state index in [0.717, 1.165) is 16.7 Å². The molecule has 0 amide bonds. The molecule has 0 heterocycles. The second kappa shape index (κ2) is 9.85. The Hall–Kier alpha value is -3.73. The molecule has 0 aromatic heterocycles. The van der Waals surface area contributed by atoms with E-state index in [-0.39, 0.29) is 11.4 Å². The molecule has 0 aliphatic rings. The van der Waals surface area contributed by atoms with Gasteiger partial charge in [-0.1, -0.05) is 50.3 Å². The molecule has 3 rings (SSSR count). The topological polar surface area (TPSA) is 63.6 Å². The van der Waals surface area contributed by atoms with Crippen LogP contribution in [0.2, 0.25) is 0 Å². The standard InChI is InChI=1S/C26H23FO4/c1-17(2)22-5-3-6-23(18-8-12-20(27)13-9-18)24(22)7-4-16-31-21-14-10-19(11-15-21)25(28)26(29)30/h3-15,17H,16H2,1-2H3,(H,29,30). The van der Waals surface area contributed by atoms with Crippen LogP contribution in [0, 0.1) is 5.82 Å². The summed E-state index contributed by atoms with van der Waals surface area (Å²) in [6.45, 7) is 4.54. The quantitative estimate of drug-likeness (QED) is 0.361. The summed E-state index contributed by atoms with van der Waals surface area (Å²) in [4.78, 5) is 22.2. The monoisotopic (exact) mass is 418 g/mol. The summed E-state index contributed by atoms with van der Waals surface area (Å²) in [6.07, 6.45) is 3.89. The fraction of sp³-hybridized carbons (Fsp3) is 0.154. The number of Topliss-reactive ketones (excluding diaryl/α,β-unsaturated/α-hetero) is 1. The number of carbonyl (C=O) groups excluding carboxylic acids is 1. The lowest BCUT2D eigenvalue weighted by Gasteiger charge is -2.15. The van der Waals surface area contributed by atoms with Gasteiger partial charge in [-0.2, -0.15) is 0 Å². The molecule has 0 saturated heterocycles. The van der Waals surface area contributed by atoms with E-state index in [1.807, 2.05) is 24.3 Å². The van der Waals surface area contributed by atoms with Crippen molar-refractivity contribution >= 4 is 17.8 Å². The zero-order chi connectivity index (χ0) is 22.4. The maximum Gasteiger partial charge on any atom is 0.377 e. The zero-order valence-corrected chi connectivity index (χ0v) is 17.3. The van der Waals surface area contributed by atoms with E-state index in [4.69, 9.17) is 9.84 Å². The van der Waals surface area contributed by atoms with Crippen LogP contribution in [0.4, 0.5) is 4.39 Å². The number of ketones is 1. The van der Waals surface area contributed by atoms with Crippen LogP contribution in [0.3, 0.4) is 0 Å².